The first-order valence-corrected chi connectivity index (χ1v) is 7.49. The van der Waals surface area contributed by atoms with Crippen LogP contribution in [0.15, 0.2) is 29.2 Å². The summed E-state index contributed by atoms with van der Waals surface area (Å²) >= 11 is 5.48. The van der Waals surface area contributed by atoms with Crippen molar-refractivity contribution in [3.05, 3.63) is 40.7 Å². The van der Waals surface area contributed by atoms with Gasteiger partial charge in [0.15, 0.2) is 0 Å². The van der Waals surface area contributed by atoms with E-state index in [2.05, 4.69) is 4.72 Å². The average Bonchev–Trinajstić information content (AvgIpc) is 2.37. The highest BCUT2D eigenvalue weighted by molar-refractivity contribution is 7.89. The summed E-state index contributed by atoms with van der Waals surface area (Å²) in [5.74, 6) is -2.60. The predicted molar refractivity (Wildman–Crippen MR) is 73.0 cm³/mol. The molecule has 0 fully saturated rings. The number of benzene rings is 1. The number of hydrogen-bond donors (Lipinski definition) is 2. The molecule has 0 radical (unpaired) electrons. The number of hydrogen-bond acceptors (Lipinski definition) is 3. The number of carboxylic acid groups (broad SMARTS) is 1. The van der Waals surface area contributed by atoms with Crippen molar-refractivity contribution in [2.75, 3.05) is 6.54 Å². The van der Waals surface area contributed by atoms with Crippen molar-refractivity contribution in [3.63, 3.8) is 0 Å². The van der Waals surface area contributed by atoms with Crippen molar-refractivity contribution in [2.24, 2.45) is 0 Å². The number of aromatic carboxylic acids is 1. The lowest BCUT2D eigenvalue weighted by atomic mass is 10.2. The number of carbonyl (C=O) groups is 1. The van der Waals surface area contributed by atoms with Crippen LogP contribution in [0.2, 0.25) is 5.02 Å². The molecule has 0 aliphatic carbocycles. The van der Waals surface area contributed by atoms with Gasteiger partial charge in [-0.05, 0) is 25.5 Å². The Morgan fingerprint density at radius 1 is 1.50 bits per heavy atom. The van der Waals surface area contributed by atoms with Gasteiger partial charge >= 0.3 is 5.97 Å². The molecule has 0 heterocycles. The van der Waals surface area contributed by atoms with E-state index in [4.69, 9.17) is 16.7 Å². The summed E-state index contributed by atoms with van der Waals surface area (Å²) in [5.41, 5.74) is -0.597. The van der Waals surface area contributed by atoms with Gasteiger partial charge in [-0.25, -0.2) is 22.3 Å². The first kappa shape index (κ1) is 16.6. The van der Waals surface area contributed by atoms with Crippen LogP contribution in [0.3, 0.4) is 0 Å². The molecule has 0 bridgehead atoms. The number of allylic oxidation sites excluding steroid dienone is 1. The molecule has 0 aliphatic rings. The summed E-state index contributed by atoms with van der Waals surface area (Å²) < 4.78 is 39.5. The Hall–Kier alpha value is -1.44. The molecular weight excluding hydrogens is 309 g/mol. The van der Waals surface area contributed by atoms with Crippen LogP contribution in [0.5, 0.6) is 0 Å². The number of sulfonamides is 1. The van der Waals surface area contributed by atoms with Gasteiger partial charge in [0.2, 0.25) is 10.0 Å². The van der Waals surface area contributed by atoms with E-state index in [1.165, 1.54) is 0 Å². The van der Waals surface area contributed by atoms with Crippen molar-refractivity contribution in [2.45, 2.75) is 18.2 Å². The Kier molecular flexibility index (Phi) is 5.67. The average molecular weight is 322 g/mol. The van der Waals surface area contributed by atoms with Gasteiger partial charge in [-0.2, -0.15) is 0 Å². The van der Waals surface area contributed by atoms with Crippen molar-refractivity contribution in [3.8, 4) is 0 Å². The van der Waals surface area contributed by atoms with E-state index in [-0.39, 0.29) is 6.54 Å². The maximum absolute atomic E-state index is 13.5. The van der Waals surface area contributed by atoms with Crippen molar-refractivity contribution in [1.82, 2.24) is 4.72 Å². The van der Waals surface area contributed by atoms with E-state index >= 15 is 0 Å². The van der Waals surface area contributed by atoms with E-state index < -0.39 is 37.3 Å². The third-order valence-corrected chi connectivity index (χ3v) is 4.21. The fraction of sp³-hybridized carbons (Fsp3) is 0.250. The Labute approximate surface area is 121 Å². The number of nitrogens with one attached hydrogen (secondary N) is 1. The van der Waals surface area contributed by atoms with E-state index in [0.29, 0.717) is 12.5 Å². The van der Waals surface area contributed by atoms with Crippen LogP contribution in [-0.2, 0) is 10.0 Å². The van der Waals surface area contributed by atoms with E-state index in [0.717, 1.165) is 6.07 Å². The van der Waals surface area contributed by atoms with Gasteiger partial charge < -0.3 is 5.11 Å². The number of carboxylic acids is 1. The minimum atomic E-state index is -3.98. The lowest BCUT2D eigenvalue weighted by molar-refractivity contribution is 0.0696. The quantitative estimate of drug-likeness (QED) is 0.622. The van der Waals surface area contributed by atoms with Crippen molar-refractivity contribution >= 4 is 27.6 Å². The molecule has 0 unspecified atom stereocenters. The summed E-state index contributed by atoms with van der Waals surface area (Å²) in [7, 11) is -3.98. The van der Waals surface area contributed by atoms with Crippen LogP contribution in [-0.4, -0.2) is 26.0 Å². The van der Waals surface area contributed by atoms with Crippen LogP contribution in [0, 0.1) is 5.82 Å². The number of halogens is 2. The molecule has 0 atom stereocenters. The molecule has 1 rings (SSSR count). The van der Waals surface area contributed by atoms with Gasteiger partial charge in [0, 0.05) is 6.54 Å². The molecule has 0 saturated heterocycles. The predicted octanol–water partition coefficient (Wildman–Crippen LogP) is 2.42. The third-order valence-electron chi connectivity index (χ3n) is 2.38. The lowest BCUT2D eigenvalue weighted by Gasteiger charge is -2.08. The topological polar surface area (TPSA) is 83.5 Å². The first-order valence-electron chi connectivity index (χ1n) is 5.62. The molecule has 0 amide bonds. The fourth-order valence-corrected chi connectivity index (χ4v) is 2.68. The molecule has 5 nitrogen and oxygen atoms in total. The maximum atomic E-state index is 13.5. The van der Waals surface area contributed by atoms with Crippen molar-refractivity contribution < 1.29 is 22.7 Å². The second kappa shape index (κ2) is 6.83. The van der Waals surface area contributed by atoms with E-state index in [1.54, 1.807) is 19.1 Å². The third kappa shape index (κ3) is 4.03. The molecule has 110 valence electrons. The summed E-state index contributed by atoms with van der Waals surface area (Å²) in [5, 5.41) is 8.23. The molecule has 0 aromatic heterocycles. The van der Waals surface area contributed by atoms with Crippen LogP contribution < -0.4 is 4.72 Å². The molecule has 2 N–H and O–H groups in total. The van der Waals surface area contributed by atoms with Gasteiger partial charge in [0.25, 0.3) is 0 Å². The molecule has 0 aliphatic heterocycles. The molecule has 0 spiro atoms. The molecule has 1 aromatic rings. The van der Waals surface area contributed by atoms with Crippen LogP contribution >= 0.6 is 11.6 Å². The van der Waals surface area contributed by atoms with Crippen LogP contribution in [0.4, 0.5) is 4.39 Å². The highest BCUT2D eigenvalue weighted by atomic mass is 35.5. The van der Waals surface area contributed by atoms with Crippen molar-refractivity contribution in [1.29, 1.82) is 0 Å². The van der Waals surface area contributed by atoms with Gasteiger partial charge in [0.1, 0.15) is 5.82 Å². The molecular formula is C12H13ClFNO4S. The summed E-state index contributed by atoms with van der Waals surface area (Å²) in [6.45, 7) is 1.92. The zero-order valence-corrected chi connectivity index (χ0v) is 12.1. The smallest absolute Gasteiger partial charge is 0.337 e. The number of rotatable bonds is 6. The standard InChI is InChI=1S/C12H13ClFNO4S/c1-2-3-4-5-15-20(18,19)8-6-9(12(16)17)11(13)10(14)7-8/h2-3,6-7,15H,4-5H2,1H3,(H,16,17)/b3-2+. The fourth-order valence-electron chi connectivity index (χ4n) is 1.40. The second-order valence-electron chi connectivity index (χ2n) is 3.83. The Morgan fingerprint density at radius 2 is 2.15 bits per heavy atom. The Morgan fingerprint density at radius 3 is 2.70 bits per heavy atom. The maximum Gasteiger partial charge on any atom is 0.337 e. The van der Waals surface area contributed by atoms with E-state index in [1.807, 2.05) is 0 Å². The Bertz CT molecular complexity index is 643. The molecule has 1 aromatic carbocycles. The molecule has 0 saturated carbocycles. The molecule has 8 heteroatoms. The second-order valence-corrected chi connectivity index (χ2v) is 5.97. The highest BCUT2D eigenvalue weighted by Gasteiger charge is 2.21. The van der Waals surface area contributed by atoms with Gasteiger partial charge in [-0.1, -0.05) is 23.8 Å². The normalized spacial score (nSPS) is 11.9. The Balaban J connectivity index is 3.09. The van der Waals surface area contributed by atoms with Gasteiger partial charge in [-0.3, -0.25) is 0 Å². The SMILES string of the molecule is C/C=C/CCNS(=O)(=O)c1cc(F)c(Cl)c(C(=O)O)c1. The zero-order valence-electron chi connectivity index (χ0n) is 10.6. The lowest BCUT2D eigenvalue weighted by Crippen LogP contribution is -2.25. The highest BCUT2D eigenvalue weighted by Crippen LogP contribution is 2.24. The van der Waals surface area contributed by atoms with Crippen LogP contribution in [0.25, 0.3) is 0 Å². The van der Waals surface area contributed by atoms with Crippen LogP contribution in [0.1, 0.15) is 23.7 Å². The van der Waals surface area contributed by atoms with Gasteiger partial charge in [0.05, 0.1) is 15.5 Å². The summed E-state index contributed by atoms with van der Waals surface area (Å²) in [4.78, 5) is 10.4. The monoisotopic (exact) mass is 321 g/mol. The first-order chi connectivity index (χ1) is 9.29. The van der Waals surface area contributed by atoms with E-state index in [9.17, 15) is 17.6 Å². The molecule has 20 heavy (non-hydrogen) atoms. The summed E-state index contributed by atoms with van der Waals surface area (Å²) in [6, 6.07) is 1.51. The van der Waals surface area contributed by atoms with Gasteiger partial charge in [-0.15, -0.1) is 0 Å². The zero-order chi connectivity index (χ0) is 15.3. The minimum Gasteiger partial charge on any atom is -0.478 e. The largest absolute Gasteiger partial charge is 0.478 e. The minimum absolute atomic E-state index is 0.124. The summed E-state index contributed by atoms with van der Waals surface area (Å²) in [6.07, 6.45) is 3.99.